The Morgan fingerprint density at radius 2 is 1.80 bits per heavy atom. The van der Waals surface area contributed by atoms with E-state index in [1.807, 2.05) is 32.6 Å². The Balaban J connectivity index is 2.76. The smallest absolute Gasteiger partial charge is 0.223 e. The van der Waals surface area contributed by atoms with Crippen molar-refractivity contribution in [3.8, 4) is 0 Å². The highest BCUT2D eigenvalue weighted by molar-refractivity contribution is 6.68. The molecule has 1 aliphatic heterocycles. The normalized spacial score (nSPS) is 26.6. The molecule has 1 heterocycles. The molecule has 1 rings (SSSR count). The first kappa shape index (κ1) is 18.3. The second-order valence-corrected chi connectivity index (χ2v) is 8.19. The molecule has 0 bridgehead atoms. The number of nitrogens with zero attached hydrogens (tertiary/aromatic N) is 1. The molecule has 1 amide bonds. The Morgan fingerprint density at radius 3 is 2.20 bits per heavy atom. The molecule has 1 N–H and O–H groups in total. The molecule has 0 aliphatic carbocycles. The van der Waals surface area contributed by atoms with Crippen molar-refractivity contribution in [1.29, 1.82) is 0 Å². The molecule has 3 atom stereocenters. The van der Waals surface area contributed by atoms with E-state index in [0.29, 0.717) is 19.5 Å². The van der Waals surface area contributed by atoms with Crippen molar-refractivity contribution in [3.05, 3.63) is 0 Å². The monoisotopic (exact) mass is 344 g/mol. The number of ether oxygens (including phenoxy) is 1. The lowest BCUT2D eigenvalue weighted by molar-refractivity contribution is -0.126. The van der Waals surface area contributed by atoms with E-state index in [0.717, 1.165) is 0 Å². The van der Waals surface area contributed by atoms with Gasteiger partial charge in [-0.15, -0.1) is 0 Å². The molecule has 0 unspecified atom stereocenters. The third kappa shape index (κ3) is 5.94. The summed E-state index contributed by atoms with van der Waals surface area (Å²) in [5.74, 6) is 0.150. The van der Waals surface area contributed by atoms with Crippen molar-refractivity contribution in [2.75, 3.05) is 13.1 Å². The number of morpholine rings is 1. The van der Waals surface area contributed by atoms with Gasteiger partial charge in [0.25, 0.3) is 0 Å². The number of hydrogen-bond donors (Lipinski definition) is 1. The SMILES string of the molecule is CC(C)CC(=O)N[C@H](N1C[C@@H](C)O[C@@H](C)C1)C(Cl)(Cl)Cl. The minimum absolute atomic E-state index is 0.0376. The first-order valence-electron chi connectivity index (χ1n) is 6.85. The minimum atomic E-state index is -1.58. The average molecular weight is 346 g/mol. The zero-order chi connectivity index (χ0) is 15.5. The largest absolute Gasteiger partial charge is 0.373 e. The standard InChI is InChI=1S/C13H23Cl3N2O2/c1-8(2)5-11(19)17-12(13(14,15)16)18-6-9(3)20-10(4)7-18/h8-10,12H,5-7H2,1-4H3,(H,17,19)/t9-,10+,12-/m1/s1. The van der Waals surface area contributed by atoms with Crippen LogP contribution in [0, 0.1) is 5.92 Å². The van der Waals surface area contributed by atoms with E-state index >= 15 is 0 Å². The summed E-state index contributed by atoms with van der Waals surface area (Å²) in [6.07, 6.45) is -0.161. The topological polar surface area (TPSA) is 41.6 Å². The van der Waals surface area contributed by atoms with Gasteiger partial charge in [0.05, 0.1) is 12.2 Å². The van der Waals surface area contributed by atoms with E-state index in [9.17, 15) is 4.79 Å². The number of rotatable bonds is 4. The van der Waals surface area contributed by atoms with Gasteiger partial charge in [0.1, 0.15) is 6.17 Å². The molecule has 20 heavy (non-hydrogen) atoms. The third-order valence-electron chi connectivity index (χ3n) is 3.01. The molecule has 7 heteroatoms. The van der Waals surface area contributed by atoms with Gasteiger partial charge >= 0.3 is 0 Å². The molecule has 0 aromatic rings. The molecule has 4 nitrogen and oxygen atoms in total. The lowest BCUT2D eigenvalue weighted by Gasteiger charge is -2.42. The Bertz CT molecular complexity index is 324. The van der Waals surface area contributed by atoms with Crippen LogP contribution >= 0.6 is 34.8 Å². The summed E-state index contributed by atoms with van der Waals surface area (Å²) in [4.78, 5) is 13.9. The molecule has 0 aromatic heterocycles. The highest BCUT2D eigenvalue weighted by Gasteiger charge is 2.41. The molecule has 118 valence electrons. The maximum atomic E-state index is 12.0. The Hall–Kier alpha value is 0.260. The molecular weight excluding hydrogens is 323 g/mol. The van der Waals surface area contributed by atoms with Crippen LogP contribution in [0.15, 0.2) is 0 Å². The van der Waals surface area contributed by atoms with Crippen molar-refractivity contribution in [1.82, 2.24) is 10.2 Å². The van der Waals surface area contributed by atoms with Crippen LogP contribution in [0.2, 0.25) is 0 Å². The number of carbonyl (C=O) groups excluding carboxylic acids is 1. The predicted molar refractivity (Wildman–Crippen MR) is 83.3 cm³/mol. The first-order chi connectivity index (χ1) is 9.09. The van der Waals surface area contributed by atoms with Gasteiger partial charge in [-0.3, -0.25) is 9.69 Å². The van der Waals surface area contributed by atoms with Gasteiger partial charge in [-0.25, -0.2) is 0 Å². The number of carbonyl (C=O) groups is 1. The van der Waals surface area contributed by atoms with Crippen molar-refractivity contribution >= 4 is 40.7 Å². The molecule has 0 aromatic carbocycles. The van der Waals surface area contributed by atoms with Crippen LogP contribution < -0.4 is 5.32 Å². The minimum Gasteiger partial charge on any atom is -0.373 e. The molecule has 1 saturated heterocycles. The first-order valence-corrected chi connectivity index (χ1v) is 7.98. The number of hydrogen-bond acceptors (Lipinski definition) is 3. The highest BCUT2D eigenvalue weighted by Crippen LogP contribution is 2.33. The summed E-state index contributed by atoms with van der Waals surface area (Å²) >= 11 is 18.1. The van der Waals surface area contributed by atoms with Crippen LogP contribution in [0.5, 0.6) is 0 Å². The lowest BCUT2D eigenvalue weighted by Crippen LogP contribution is -2.61. The van der Waals surface area contributed by atoms with E-state index in [-0.39, 0.29) is 24.0 Å². The number of nitrogens with one attached hydrogen (secondary N) is 1. The molecular formula is C13H23Cl3N2O2. The Morgan fingerprint density at radius 1 is 1.30 bits per heavy atom. The van der Waals surface area contributed by atoms with Gasteiger partial charge in [0, 0.05) is 19.5 Å². The second kappa shape index (κ2) is 7.50. The fraction of sp³-hybridized carbons (Fsp3) is 0.923. The van der Waals surface area contributed by atoms with Gasteiger partial charge in [-0.2, -0.15) is 0 Å². The summed E-state index contributed by atoms with van der Waals surface area (Å²) < 4.78 is 4.09. The van der Waals surface area contributed by atoms with E-state index in [1.54, 1.807) is 0 Å². The molecule has 1 fully saturated rings. The summed E-state index contributed by atoms with van der Waals surface area (Å²) in [5.41, 5.74) is 0. The third-order valence-corrected chi connectivity index (χ3v) is 3.63. The molecule has 0 spiro atoms. The zero-order valence-electron chi connectivity index (χ0n) is 12.3. The van der Waals surface area contributed by atoms with Crippen LogP contribution in [0.25, 0.3) is 0 Å². The summed E-state index contributed by atoms with van der Waals surface area (Å²) in [7, 11) is 0. The van der Waals surface area contributed by atoms with Gasteiger partial charge in [-0.1, -0.05) is 48.7 Å². The lowest BCUT2D eigenvalue weighted by atomic mass is 10.1. The predicted octanol–water partition coefficient (Wildman–Crippen LogP) is 2.95. The highest BCUT2D eigenvalue weighted by atomic mass is 35.6. The number of halogens is 3. The summed E-state index contributed by atoms with van der Waals surface area (Å²) in [6, 6.07) is 0. The molecule has 0 radical (unpaired) electrons. The van der Waals surface area contributed by atoms with Gasteiger partial charge in [0.2, 0.25) is 9.70 Å². The van der Waals surface area contributed by atoms with Gasteiger partial charge < -0.3 is 10.1 Å². The van der Waals surface area contributed by atoms with Crippen LogP contribution in [-0.4, -0.2) is 46.1 Å². The summed E-state index contributed by atoms with van der Waals surface area (Å²) in [5, 5.41) is 2.83. The van der Waals surface area contributed by atoms with Crippen LogP contribution in [-0.2, 0) is 9.53 Å². The van der Waals surface area contributed by atoms with E-state index in [2.05, 4.69) is 5.32 Å². The van der Waals surface area contributed by atoms with Gasteiger partial charge in [0.15, 0.2) is 0 Å². The Kier molecular flexibility index (Phi) is 6.87. The number of alkyl halides is 3. The van der Waals surface area contributed by atoms with Crippen molar-refractivity contribution in [3.63, 3.8) is 0 Å². The van der Waals surface area contributed by atoms with Crippen LogP contribution in [0.3, 0.4) is 0 Å². The molecule has 1 aliphatic rings. The Labute approximate surface area is 136 Å². The van der Waals surface area contributed by atoms with Gasteiger partial charge in [-0.05, 0) is 19.8 Å². The number of amides is 1. The van der Waals surface area contributed by atoms with E-state index in [4.69, 9.17) is 39.5 Å². The fourth-order valence-corrected chi connectivity index (χ4v) is 2.97. The van der Waals surface area contributed by atoms with Crippen LogP contribution in [0.4, 0.5) is 0 Å². The van der Waals surface area contributed by atoms with Crippen molar-refractivity contribution < 1.29 is 9.53 Å². The quantitative estimate of drug-likeness (QED) is 0.797. The average Bonchev–Trinajstić information content (AvgIpc) is 2.21. The maximum Gasteiger partial charge on any atom is 0.223 e. The molecule has 0 saturated carbocycles. The van der Waals surface area contributed by atoms with Crippen molar-refractivity contribution in [2.24, 2.45) is 5.92 Å². The second-order valence-electron chi connectivity index (χ2n) is 5.82. The van der Waals surface area contributed by atoms with E-state index in [1.165, 1.54) is 0 Å². The van der Waals surface area contributed by atoms with Crippen molar-refractivity contribution in [2.45, 2.75) is 56.3 Å². The van der Waals surface area contributed by atoms with E-state index < -0.39 is 9.96 Å². The zero-order valence-corrected chi connectivity index (χ0v) is 14.6. The maximum absolute atomic E-state index is 12.0. The van der Waals surface area contributed by atoms with Crippen LogP contribution in [0.1, 0.15) is 34.1 Å². The summed E-state index contributed by atoms with van der Waals surface area (Å²) in [6.45, 7) is 9.11. The fourth-order valence-electron chi connectivity index (χ4n) is 2.39.